The molecule has 0 aliphatic rings. The van der Waals surface area contributed by atoms with Gasteiger partial charge in [-0.05, 0) is 45.9 Å². The predicted octanol–water partition coefficient (Wildman–Crippen LogP) is 3.70. The van der Waals surface area contributed by atoms with Crippen molar-refractivity contribution in [1.82, 2.24) is 4.98 Å². The highest BCUT2D eigenvalue weighted by atomic mass is 19.4. The minimum absolute atomic E-state index is 0.0640. The van der Waals surface area contributed by atoms with Crippen LogP contribution in [0.25, 0.3) is 0 Å². The van der Waals surface area contributed by atoms with E-state index in [0.717, 1.165) is 23.8 Å². The van der Waals surface area contributed by atoms with Gasteiger partial charge in [0.25, 0.3) is 0 Å². The number of halogens is 3. The van der Waals surface area contributed by atoms with Crippen LogP contribution in [-0.4, -0.2) is 28.8 Å². The molecule has 0 amide bonds. The van der Waals surface area contributed by atoms with Crippen LogP contribution in [0.5, 0.6) is 11.6 Å². The third-order valence-corrected chi connectivity index (χ3v) is 4.13. The van der Waals surface area contributed by atoms with Crippen LogP contribution in [0.4, 0.5) is 13.2 Å². The fourth-order valence-electron chi connectivity index (χ4n) is 1.70. The van der Waals surface area contributed by atoms with Gasteiger partial charge in [-0.3, -0.25) is 0 Å². The van der Waals surface area contributed by atoms with Crippen LogP contribution in [0.1, 0.15) is 33.3 Å². The molecule has 1 aromatic carbocycles. The number of aromatic nitrogens is 1. The Morgan fingerprint density at radius 3 is 2.04 bits per heavy atom. The average Bonchev–Trinajstić information content (AvgIpc) is 2.53. The van der Waals surface area contributed by atoms with Crippen molar-refractivity contribution in [3.05, 3.63) is 48.2 Å². The summed E-state index contributed by atoms with van der Waals surface area (Å²) in [6.45, 7) is 6.87. The number of rotatable bonds is 6. The molecule has 139 valence electrons. The Labute approximate surface area is 151 Å². The van der Waals surface area contributed by atoms with Gasteiger partial charge in [0.15, 0.2) is 0 Å². The molecule has 0 unspecified atom stereocenters. The number of pyridine rings is 1. The standard InChI is InChI=1S/C18H20BF3NO3/c1-16(2,24)17(3,4)26-19-13-6-8-14(9-7-13)25-15-10-5-12(11-23-15)18(20,21)22/h5-11,24H,1-4H3. The van der Waals surface area contributed by atoms with Gasteiger partial charge in [0.05, 0.1) is 16.8 Å². The monoisotopic (exact) mass is 366 g/mol. The van der Waals surface area contributed by atoms with E-state index in [2.05, 4.69) is 4.98 Å². The minimum atomic E-state index is -4.43. The van der Waals surface area contributed by atoms with E-state index in [1.807, 2.05) is 0 Å². The molecule has 0 aliphatic carbocycles. The van der Waals surface area contributed by atoms with Crippen molar-refractivity contribution in [2.45, 2.75) is 45.1 Å². The van der Waals surface area contributed by atoms with Gasteiger partial charge >= 0.3 is 13.7 Å². The van der Waals surface area contributed by atoms with Gasteiger partial charge in [0.2, 0.25) is 5.88 Å². The van der Waals surface area contributed by atoms with Gasteiger partial charge in [0.1, 0.15) is 5.75 Å². The van der Waals surface area contributed by atoms with E-state index in [9.17, 15) is 18.3 Å². The highest BCUT2D eigenvalue weighted by Crippen LogP contribution is 2.30. The molecule has 2 aromatic rings. The van der Waals surface area contributed by atoms with E-state index in [1.165, 1.54) is 7.48 Å². The maximum absolute atomic E-state index is 12.5. The Kier molecular flexibility index (Phi) is 5.68. The van der Waals surface area contributed by atoms with E-state index < -0.39 is 22.9 Å². The summed E-state index contributed by atoms with van der Waals surface area (Å²) in [5.41, 5.74) is -1.90. The second kappa shape index (κ2) is 7.29. The van der Waals surface area contributed by atoms with Crippen LogP contribution >= 0.6 is 0 Å². The fourth-order valence-corrected chi connectivity index (χ4v) is 1.70. The summed E-state index contributed by atoms with van der Waals surface area (Å²) in [6, 6.07) is 8.81. The zero-order chi connectivity index (χ0) is 19.6. The lowest BCUT2D eigenvalue weighted by Gasteiger charge is -2.37. The number of hydrogen-bond donors (Lipinski definition) is 1. The number of nitrogens with zero attached hydrogens (tertiary/aromatic N) is 1. The largest absolute Gasteiger partial charge is 0.439 e. The van der Waals surface area contributed by atoms with E-state index in [0.29, 0.717) is 5.75 Å². The van der Waals surface area contributed by atoms with Gasteiger partial charge < -0.3 is 14.5 Å². The Morgan fingerprint density at radius 2 is 1.58 bits per heavy atom. The van der Waals surface area contributed by atoms with Gasteiger partial charge in [-0.2, -0.15) is 13.2 Å². The molecule has 0 fully saturated rings. The van der Waals surface area contributed by atoms with Crippen LogP contribution in [0, 0.1) is 0 Å². The van der Waals surface area contributed by atoms with Gasteiger partial charge in [-0.15, -0.1) is 0 Å². The van der Waals surface area contributed by atoms with Crippen molar-refractivity contribution in [2.75, 3.05) is 0 Å². The number of benzene rings is 1. The lowest BCUT2D eigenvalue weighted by Crippen LogP contribution is -2.49. The van der Waals surface area contributed by atoms with Crippen molar-refractivity contribution in [3.8, 4) is 11.6 Å². The Bertz CT molecular complexity index is 723. The fraction of sp³-hybridized carbons (Fsp3) is 0.389. The number of hydrogen-bond acceptors (Lipinski definition) is 4. The zero-order valence-electron chi connectivity index (χ0n) is 15.0. The average molecular weight is 366 g/mol. The van der Waals surface area contributed by atoms with Gasteiger partial charge in [-0.1, -0.05) is 17.6 Å². The molecule has 1 radical (unpaired) electrons. The SMILES string of the molecule is CC(C)(O)C(C)(C)O[B]c1ccc(Oc2ccc(C(F)(F)F)cn2)cc1. The first-order valence-corrected chi connectivity index (χ1v) is 7.93. The van der Waals surface area contributed by atoms with Crippen molar-refractivity contribution in [3.63, 3.8) is 0 Å². The lowest BCUT2D eigenvalue weighted by molar-refractivity contribution is -0.137. The number of aliphatic hydroxyl groups is 1. The third kappa shape index (κ3) is 5.22. The first-order chi connectivity index (χ1) is 11.9. The predicted molar refractivity (Wildman–Crippen MR) is 92.6 cm³/mol. The molecule has 1 heterocycles. The van der Waals surface area contributed by atoms with Crippen LogP contribution in [0.15, 0.2) is 42.6 Å². The normalized spacial score (nSPS) is 12.8. The molecular weight excluding hydrogens is 346 g/mol. The Balaban J connectivity index is 1.97. The summed E-state index contributed by atoms with van der Waals surface area (Å²) >= 11 is 0. The van der Waals surface area contributed by atoms with E-state index >= 15 is 0 Å². The summed E-state index contributed by atoms with van der Waals surface area (Å²) < 4.78 is 48.6. The molecule has 0 atom stereocenters. The summed E-state index contributed by atoms with van der Waals surface area (Å²) in [6.07, 6.45) is -3.70. The molecule has 1 aromatic heterocycles. The van der Waals surface area contributed by atoms with E-state index in [1.54, 1.807) is 52.0 Å². The van der Waals surface area contributed by atoms with Gasteiger partial charge in [0, 0.05) is 12.3 Å². The molecule has 8 heteroatoms. The van der Waals surface area contributed by atoms with Crippen molar-refractivity contribution in [1.29, 1.82) is 0 Å². The molecule has 26 heavy (non-hydrogen) atoms. The number of ether oxygens (including phenoxy) is 1. The quantitative estimate of drug-likeness (QED) is 0.793. The van der Waals surface area contributed by atoms with E-state index in [4.69, 9.17) is 9.39 Å². The summed E-state index contributed by atoms with van der Waals surface area (Å²) in [4.78, 5) is 3.66. The molecule has 4 nitrogen and oxygen atoms in total. The second-order valence-corrected chi connectivity index (χ2v) is 6.86. The highest BCUT2D eigenvalue weighted by Gasteiger charge is 2.35. The first-order valence-electron chi connectivity index (χ1n) is 7.93. The van der Waals surface area contributed by atoms with E-state index in [-0.39, 0.29) is 5.88 Å². The Morgan fingerprint density at radius 1 is 0.962 bits per heavy atom. The summed E-state index contributed by atoms with van der Waals surface area (Å²) in [5, 5.41) is 10.1. The van der Waals surface area contributed by atoms with Crippen LogP contribution in [0.2, 0.25) is 0 Å². The van der Waals surface area contributed by atoms with Crippen LogP contribution in [-0.2, 0) is 10.8 Å². The highest BCUT2D eigenvalue weighted by molar-refractivity contribution is 6.47. The first kappa shape index (κ1) is 20.3. The zero-order valence-corrected chi connectivity index (χ0v) is 15.0. The van der Waals surface area contributed by atoms with Crippen LogP contribution < -0.4 is 10.2 Å². The summed E-state index contributed by atoms with van der Waals surface area (Å²) in [7, 11) is 1.53. The molecule has 0 aliphatic heterocycles. The van der Waals surface area contributed by atoms with Crippen molar-refractivity contribution >= 4 is 12.9 Å². The smallest absolute Gasteiger partial charge is 0.417 e. The molecule has 0 saturated carbocycles. The maximum Gasteiger partial charge on any atom is 0.417 e. The van der Waals surface area contributed by atoms with Crippen molar-refractivity contribution < 1.29 is 27.7 Å². The molecule has 0 spiro atoms. The maximum atomic E-state index is 12.5. The topological polar surface area (TPSA) is 51.6 Å². The molecule has 0 bridgehead atoms. The molecule has 1 N–H and O–H groups in total. The second-order valence-electron chi connectivity index (χ2n) is 6.86. The summed E-state index contributed by atoms with van der Waals surface area (Å²) in [5.74, 6) is 0.491. The number of alkyl halides is 3. The molecular formula is C18H20BF3NO3. The van der Waals surface area contributed by atoms with Crippen LogP contribution in [0.3, 0.4) is 0 Å². The molecule has 0 saturated heterocycles. The molecule has 2 rings (SSSR count). The Hall–Kier alpha value is -2.06. The van der Waals surface area contributed by atoms with Gasteiger partial charge in [-0.25, -0.2) is 4.98 Å². The lowest BCUT2D eigenvalue weighted by atomic mass is 9.82. The van der Waals surface area contributed by atoms with Crippen molar-refractivity contribution in [2.24, 2.45) is 0 Å². The third-order valence-electron chi connectivity index (χ3n) is 4.13. The minimum Gasteiger partial charge on any atom is -0.439 e.